The molecule has 1 aromatic carbocycles. The van der Waals surface area contributed by atoms with Gasteiger partial charge in [-0.1, -0.05) is 35.9 Å². The fraction of sp³-hybridized carbons (Fsp3) is 0.286. The van der Waals surface area contributed by atoms with E-state index in [0.29, 0.717) is 5.02 Å². The summed E-state index contributed by atoms with van der Waals surface area (Å²) in [6.45, 7) is 1.79. The number of rotatable bonds is 1. The van der Waals surface area contributed by atoms with Crippen molar-refractivity contribution >= 4 is 23.4 Å². The Kier molecular flexibility index (Phi) is 3.25. The quantitative estimate of drug-likeness (QED) is 0.867. The van der Waals surface area contributed by atoms with E-state index in [9.17, 15) is 0 Å². The molecule has 1 aromatic heterocycles. The van der Waals surface area contributed by atoms with E-state index >= 15 is 0 Å². The molecule has 0 spiro atoms. The van der Waals surface area contributed by atoms with E-state index in [2.05, 4.69) is 39.1 Å². The van der Waals surface area contributed by atoms with Gasteiger partial charge >= 0.3 is 0 Å². The number of halogens is 1. The Morgan fingerprint density at radius 1 is 1.11 bits per heavy atom. The number of anilines is 2. The predicted molar refractivity (Wildman–Crippen MR) is 77.5 cm³/mol. The van der Waals surface area contributed by atoms with Crippen molar-refractivity contribution in [2.75, 3.05) is 23.7 Å². The zero-order valence-electron chi connectivity index (χ0n) is 10.5. The summed E-state index contributed by atoms with van der Waals surface area (Å²) >= 11 is 6.17. The third-order valence-corrected chi connectivity index (χ3v) is 3.73. The normalized spacial score (nSPS) is 14.9. The van der Waals surface area contributed by atoms with Gasteiger partial charge < -0.3 is 10.6 Å². The lowest BCUT2D eigenvalue weighted by Gasteiger charge is -2.22. The van der Waals surface area contributed by atoms with Crippen molar-refractivity contribution in [3.63, 3.8) is 0 Å². The summed E-state index contributed by atoms with van der Waals surface area (Å²) in [6, 6.07) is 8.55. The summed E-state index contributed by atoms with van der Waals surface area (Å²) < 4.78 is 0. The van der Waals surface area contributed by atoms with Crippen LogP contribution in [0.4, 0.5) is 11.8 Å². The van der Waals surface area contributed by atoms with Crippen molar-refractivity contribution in [3.8, 4) is 0 Å². The Bertz CT molecular complexity index is 573. The maximum atomic E-state index is 6.17. The first-order valence-corrected chi connectivity index (χ1v) is 6.71. The lowest BCUT2D eigenvalue weighted by atomic mass is 10.0. The molecule has 5 heteroatoms. The van der Waals surface area contributed by atoms with Gasteiger partial charge in [-0.2, -0.15) is 4.98 Å². The van der Waals surface area contributed by atoms with E-state index in [1.807, 2.05) is 0 Å². The van der Waals surface area contributed by atoms with Crippen LogP contribution < -0.4 is 10.6 Å². The van der Waals surface area contributed by atoms with Gasteiger partial charge in [0.2, 0.25) is 5.95 Å². The van der Waals surface area contributed by atoms with E-state index in [-0.39, 0.29) is 5.95 Å². The standard InChI is InChI=1S/C14H15ClN4/c15-12-9-17-14(16)18-13(12)19-7-5-10-3-1-2-4-11(10)6-8-19/h1-4,9H,5-8H2,(H2,16,17,18). The molecule has 0 fully saturated rings. The molecule has 0 amide bonds. The van der Waals surface area contributed by atoms with Crippen molar-refractivity contribution in [1.29, 1.82) is 0 Å². The zero-order valence-corrected chi connectivity index (χ0v) is 11.3. The van der Waals surface area contributed by atoms with Gasteiger partial charge in [-0.15, -0.1) is 0 Å². The van der Waals surface area contributed by atoms with Crippen molar-refractivity contribution < 1.29 is 0 Å². The number of aromatic nitrogens is 2. The molecule has 2 N–H and O–H groups in total. The fourth-order valence-corrected chi connectivity index (χ4v) is 2.68. The van der Waals surface area contributed by atoms with Crippen LogP contribution in [0.15, 0.2) is 30.5 Å². The van der Waals surface area contributed by atoms with Gasteiger partial charge in [0.05, 0.1) is 6.20 Å². The Morgan fingerprint density at radius 3 is 2.37 bits per heavy atom. The van der Waals surface area contributed by atoms with Crippen LogP contribution in [0.25, 0.3) is 0 Å². The van der Waals surface area contributed by atoms with E-state index in [4.69, 9.17) is 17.3 Å². The Balaban J connectivity index is 1.87. The summed E-state index contributed by atoms with van der Waals surface area (Å²) in [5.74, 6) is 1.00. The van der Waals surface area contributed by atoms with Crippen molar-refractivity contribution in [3.05, 3.63) is 46.6 Å². The van der Waals surface area contributed by atoms with Crippen LogP contribution in [0.2, 0.25) is 5.02 Å². The molecule has 0 aliphatic carbocycles. The van der Waals surface area contributed by atoms with Gasteiger partial charge in [-0.25, -0.2) is 4.98 Å². The highest BCUT2D eigenvalue weighted by molar-refractivity contribution is 6.32. The first-order chi connectivity index (χ1) is 9.24. The number of nitrogens with zero attached hydrogens (tertiary/aromatic N) is 3. The second kappa shape index (κ2) is 5.05. The summed E-state index contributed by atoms with van der Waals surface area (Å²) in [4.78, 5) is 10.3. The van der Waals surface area contributed by atoms with Crippen LogP contribution in [0.5, 0.6) is 0 Å². The number of hydrogen-bond acceptors (Lipinski definition) is 4. The van der Waals surface area contributed by atoms with E-state index in [0.717, 1.165) is 31.7 Å². The van der Waals surface area contributed by atoms with Crippen LogP contribution in [0, 0.1) is 0 Å². The molecular weight excluding hydrogens is 260 g/mol. The van der Waals surface area contributed by atoms with Gasteiger partial charge in [-0.3, -0.25) is 0 Å². The third-order valence-electron chi connectivity index (χ3n) is 3.46. The van der Waals surface area contributed by atoms with Crippen LogP contribution in [-0.2, 0) is 12.8 Å². The van der Waals surface area contributed by atoms with Crippen molar-refractivity contribution in [2.45, 2.75) is 12.8 Å². The maximum Gasteiger partial charge on any atom is 0.222 e. The number of nitrogens with two attached hydrogens (primary N) is 1. The second-order valence-electron chi connectivity index (χ2n) is 4.66. The molecule has 3 rings (SSSR count). The molecule has 4 nitrogen and oxygen atoms in total. The highest BCUT2D eigenvalue weighted by Gasteiger charge is 2.17. The minimum absolute atomic E-state index is 0.265. The third kappa shape index (κ3) is 2.49. The maximum absolute atomic E-state index is 6.17. The lowest BCUT2D eigenvalue weighted by Crippen LogP contribution is -2.27. The highest BCUT2D eigenvalue weighted by Crippen LogP contribution is 2.25. The molecule has 0 bridgehead atoms. The Morgan fingerprint density at radius 2 is 1.74 bits per heavy atom. The second-order valence-corrected chi connectivity index (χ2v) is 5.06. The van der Waals surface area contributed by atoms with Crippen LogP contribution in [0.1, 0.15) is 11.1 Å². The molecule has 0 unspecified atom stereocenters. The van der Waals surface area contributed by atoms with Gasteiger partial charge in [0, 0.05) is 13.1 Å². The number of nitrogen functional groups attached to an aromatic ring is 1. The largest absolute Gasteiger partial charge is 0.368 e. The number of hydrogen-bond donors (Lipinski definition) is 1. The topological polar surface area (TPSA) is 55.0 Å². The monoisotopic (exact) mass is 274 g/mol. The minimum atomic E-state index is 0.265. The molecule has 0 atom stereocenters. The molecule has 0 saturated heterocycles. The van der Waals surface area contributed by atoms with E-state index in [1.54, 1.807) is 6.20 Å². The van der Waals surface area contributed by atoms with Gasteiger partial charge in [0.15, 0.2) is 5.82 Å². The van der Waals surface area contributed by atoms with Gasteiger partial charge in [-0.05, 0) is 24.0 Å². The zero-order chi connectivity index (χ0) is 13.2. The molecule has 19 heavy (non-hydrogen) atoms. The smallest absolute Gasteiger partial charge is 0.222 e. The van der Waals surface area contributed by atoms with Crippen LogP contribution >= 0.6 is 11.6 Å². The highest BCUT2D eigenvalue weighted by atomic mass is 35.5. The molecule has 98 valence electrons. The molecule has 0 saturated carbocycles. The average molecular weight is 275 g/mol. The van der Waals surface area contributed by atoms with Crippen LogP contribution in [0.3, 0.4) is 0 Å². The summed E-state index contributed by atoms with van der Waals surface area (Å²) in [6.07, 6.45) is 3.56. The Labute approximate surface area is 117 Å². The predicted octanol–water partition coefficient (Wildman–Crippen LogP) is 2.32. The van der Waals surface area contributed by atoms with E-state index in [1.165, 1.54) is 11.1 Å². The molecule has 2 heterocycles. The molecular formula is C14H15ClN4. The first kappa shape index (κ1) is 12.2. The van der Waals surface area contributed by atoms with Crippen LogP contribution in [-0.4, -0.2) is 23.1 Å². The number of fused-ring (bicyclic) bond motifs is 1. The Hall–Kier alpha value is -1.81. The summed E-state index contributed by atoms with van der Waals surface area (Å²) in [5.41, 5.74) is 8.46. The molecule has 0 radical (unpaired) electrons. The summed E-state index contributed by atoms with van der Waals surface area (Å²) in [5, 5.41) is 0.556. The fourth-order valence-electron chi connectivity index (χ4n) is 2.47. The van der Waals surface area contributed by atoms with Gasteiger partial charge in [0.25, 0.3) is 0 Å². The van der Waals surface area contributed by atoms with Crippen molar-refractivity contribution in [2.24, 2.45) is 0 Å². The molecule has 1 aliphatic heterocycles. The van der Waals surface area contributed by atoms with Crippen molar-refractivity contribution in [1.82, 2.24) is 9.97 Å². The summed E-state index contributed by atoms with van der Waals surface area (Å²) in [7, 11) is 0. The average Bonchev–Trinajstić information content (AvgIpc) is 2.64. The first-order valence-electron chi connectivity index (χ1n) is 6.34. The SMILES string of the molecule is Nc1ncc(Cl)c(N2CCc3ccccc3CC2)n1. The molecule has 1 aliphatic rings. The minimum Gasteiger partial charge on any atom is -0.368 e. The molecule has 2 aromatic rings. The van der Waals surface area contributed by atoms with Gasteiger partial charge in [0.1, 0.15) is 5.02 Å². The van der Waals surface area contributed by atoms with E-state index < -0.39 is 0 Å². The lowest BCUT2D eigenvalue weighted by molar-refractivity contribution is 0.789. The number of benzene rings is 1.